The van der Waals surface area contributed by atoms with Crippen molar-refractivity contribution >= 4 is 57.5 Å². The van der Waals surface area contributed by atoms with E-state index in [4.69, 9.17) is 9.84 Å². The normalized spacial score (nSPS) is 16.7. The maximum absolute atomic E-state index is 11.8. The molecule has 0 bridgehead atoms. The summed E-state index contributed by atoms with van der Waals surface area (Å²) in [5, 5.41) is 8.27. The zero-order chi connectivity index (χ0) is 15.6. The summed E-state index contributed by atoms with van der Waals surface area (Å²) in [5.41, 5.74) is 0.737. The summed E-state index contributed by atoms with van der Waals surface area (Å²) in [6.45, 7) is -0.413. The highest BCUT2D eigenvalue weighted by molar-refractivity contribution is 14.1. The van der Waals surface area contributed by atoms with Crippen molar-refractivity contribution in [3.8, 4) is 5.75 Å². The van der Waals surface area contributed by atoms with Gasteiger partial charge in [-0.2, -0.15) is 0 Å². The molecular formula is C13H10INO5S. The van der Waals surface area contributed by atoms with Gasteiger partial charge in [-0.25, -0.2) is 4.79 Å². The molecule has 0 aromatic heterocycles. The number of rotatable bonds is 4. The van der Waals surface area contributed by atoms with Crippen molar-refractivity contribution in [3.05, 3.63) is 32.2 Å². The Morgan fingerprint density at radius 2 is 2.19 bits per heavy atom. The topological polar surface area (TPSA) is 83.9 Å². The minimum atomic E-state index is -1.05. The molecule has 0 atom stereocenters. The fourth-order valence-corrected chi connectivity index (χ4v) is 3.08. The number of amides is 2. The number of aliphatic carboxylic acids is 1. The standard InChI is InChI=1S/C13H10INO5S/c1-15-12(18)10(21-13(15)19)5-7-2-3-9(8(14)4-7)20-6-11(16)17/h2-5H,6H2,1H3,(H,16,17). The Morgan fingerprint density at radius 1 is 1.48 bits per heavy atom. The molecule has 2 amide bonds. The van der Waals surface area contributed by atoms with E-state index in [1.54, 1.807) is 24.3 Å². The van der Waals surface area contributed by atoms with Gasteiger partial charge in [0.15, 0.2) is 6.61 Å². The number of ether oxygens (including phenoxy) is 1. The van der Waals surface area contributed by atoms with E-state index in [1.807, 2.05) is 22.6 Å². The Morgan fingerprint density at radius 3 is 2.71 bits per heavy atom. The Kier molecular flexibility index (Phi) is 4.88. The van der Waals surface area contributed by atoms with Crippen LogP contribution in [-0.4, -0.2) is 40.8 Å². The maximum Gasteiger partial charge on any atom is 0.341 e. The second-order valence-electron chi connectivity index (χ2n) is 4.11. The third kappa shape index (κ3) is 3.76. The molecule has 6 nitrogen and oxygen atoms in total. The van der Waals surface area contributed by atoms with Gasteiger partial charge in [0.05, 0.1) is 8.48 Å². The number of halogens is 1. The molecule has 0 spiro atoms. The number of imide groups is 1. The first-order chi connectivity index (χ1) is 9.88. The molecule has 1 aromatic carbocycles. The summed E-state index contributed by atoms with van der Waals surface area (Å²) in [4.78, 5) is 35.1. The van der Waals surface area contributed by atoms with Gasteiger partial charge in [0.25, 0.3) is 11.1 Å². The van der Waals surface area contributed by atoms with Crippen LogP contribution in [0.4, 0.5) is 4.79 Å². The van der Waals surface area contributed by atoms with E-state index in [1.165, 1.54) is 7.05 Å². The average molecular weight is 419 g/mol. The number of likely N-dealkylation sites (N-methyl/N-ethyl adjacent to an activating group) is 1. The van der Waals surface area contributed by atoms with Crippen LogP contribution in [0, 0.1) is 3.57 Å². The van der Waals surface area contributed by atoms with Gasteiger partial charge in [-0.15, -0.1) is 0 Å². The molecule has 0 saturated carbocycles. The van der Waals surface area contributed by atoms with E-state index in [2.05, 4.69) is 0 Å². The quantitative estimate of drug-likeness (QED) is 0.596. The van der Waals surface area contributed by atoms with Crippen LogP contribution in [0.15, 0.2) is 23.1 Å². The van der Waals surface area contributed by atoms with Crippen molar-refractivity contribution in [2.24, 2.45) is 0 Å². The Bertz CT molecular complexity index is 658. The average Bonchev–Trinajstić information content (AvgIpc) is 2.65. The number of carboxylic acids is 1. The molecular weight excluding hydrogens is 409 g/mol. The molecule has 21 heavy (non-hydrogen) atoms. The number of carbonyl (C=O) groups excluding carboxylic acids is 2. The summed E-state index contributed by atoms with van der Waals surface area (Å²) >= 11 is 2.90. The van der Waals surface area contributed by atoms with Gasteiger partial charge >= 0.3 is 5.97 Å². The minimum Gasteiger partial charge on any atom is -0.481 e. The molecule has 1 saturated heterocycles. The fourth-order valence-electron chi connectivity index (χ4n) is 1.56. The van der Waals surface area contributed by atoms with E-state index in [-0.39, 0.29) is 11.1 Å². The molecule has 8 heteroatoms. The van der Waals surface area contributed by atoms with E-state index in [9.17, 15) is 14.4 Å². The molecule has 1 aromatic rings. The molecule has 1 aliphatic heterocycles. The lowest BCUT2D eigenvalue weighted by molar-refractivity contribution is -0.139. The van der Waals surface area contributed by atoms with Crippen LogP contribution in [-0.2, 0) is 9.59 Å². The van der Waals surface area contributed by atoms with E-state index in [0.717, 1.165) is 25.8 Å². The van der Waals surface area contributed by atoms with Crippen molar-refractivity contribution < 1.29 is 24.2 Å². The molecule has 110 valence electrons. The van der Waals surface area contributed by atoms with E-state index < -0.39 is 12.6 Å². The van der Waals surface area contributed by atoms with E-state index >= 15 is 0 Å². The summed E-state index contributed by atoms with van der Waals surface area (Å²) < 4.78 is 5.84. The lowest BCUT2D eigenvalue weighted by Gasteiger charge is -2.06. The Balaban J connectivity index is 2.19. The Labute approximate surface area is 138 Å². The van der Waals surface area contributed by atoms with Crippen LogP contribution in [0.3, 0.4) is 0 Å². The van der Waals surface area contributed by atoms with Crippen LogP contribution in [0.5, 0.6) is 5.75 Å². The fraction of sp³-hybridized carbons (Fsp3) is 0.154. The first-order valence-corrected chi connectivity index (χ1v) is 7.63. The van der Waals surface area contributed by atoms with Gasteiger partial charge in [-0.3, -0.25) is 14.5 Å². The molecule has 1 fully saturated rings. The number of hydrogen-bond acceptors (Lipinski definition) is 5. The highest BCUT2D eigenvalue weighted by Crippen LogP contribution is 2.32. The molecule has 1 aliphatic rings. The van der Waals surface area contributed by atoms with Gasteiger partial charge in [0.1, 0.15) is 5.75 Å². The smallest absolute Gasteiger partial charge is 0.341 e. The lowest BCUT2D eigenvalue weighted by atomic mass is 10.2. The molecule has 1 heterocycles. The molecule has 2 rings (SSSR count). The van der Waals surface area contributed by atoms with Gasteiger partial charge in [-0.1, -0.05) is 6.07 Å². The predicted molar refractivity (Wildman–Crippen MR) is 86.0 cm³/mol. The lowest BCUT2D eigenvalue weighted by Crippen LogP contribution is -2.22. The SMILES string of the molecule is CN1C(=O)SC(=Cc2ccc(OCC(=O)O)c(I)c2)C1=O. The number of carboxylic acid groups (broad SMARTS) is 1. The molecule has 0 aliphatic carbocycles. The van der Waals surface area contributed by atoms with Gasteiger partial charge < -0.3 is 9.84 Å². The van der Waals surface area contributed by atoms with Crippen LogP contribution < -0.4 is 4.74 Å². The Hall–Kier alpha value is -1.55. The number of nitrogens with zero attached hydrogens (tertiary/aromatic N) is 1. The van der Waals surface area contributed by atoms with Crippen molar-refractivity contribution in [1.29, 1.82) is 0 Å². The van der Waals surface area contributed by atoms with Gasteiger partial charge in [-0.05, 0) is 58.1 Å². The number of carbonyl (C=O) groups is 3. The number of hydrogen-bond donors (Lipinski definition) is 1. The molecule has 1 N–H and O–H groups in total. The van der Waals surface area contributed by atoms with Gasteiger partial charge in [0, 0.05) is 7.05 Å². The molecule has 0 unspecified atom stereocenters. The first kappa shape index (κ1) is 15.8. The number of thioether (sulfide) groups is 1. The largest absolute Gasteiger partial charge is 0.481 e. The van der Waals surface area contributed by atoms with Crippen LogP contribution in [0.25, 0.3) is 6.08 Å². The summed E-state index contributed by atoms with van der Waals surface area (Å²) in [6.07, 6.45) is 1.62. The second kappa shape index (κ2) is 6.48. The summed E-state index contributed by atoms with van der Waals surface area (Å²) in [5.74, 6) is -0.920. The van der Waals surface area contributed by atoms with E-state index in [0.29, 0.717) is 10.7 Å². The third-order valence-corrected chi connectivity index (χ3v) is 4.40. The van der Waals surface area contributed by atoms with Crippen LogP contribution >= 0.6 is 34.4 Å². The third-order valence-electron chi connectivity index (χ3n) is 2.59. The first-order valence-electron chi connectivity index (χ1n) is 5.74. The van der Waals surface area contributed by atoms with Gasteiger partial charge in [0.2, 0.25) is 0 Å². The predicted octanol–water partition coefficient (Wildman–Crippen LogP) is 2.42. The van der Waals surface area contributed by atoms with Crippen LogP contribution in [0.2, 0.25) is 0 Å². The van der Waals surface area contributed by atoms with Crippen molar-refractivity contribution in [3.63, 3.8) is 0 Å². The van der Waals surface area contributed by atoms with Crippen molar-refractivity contribution in [2.45, 2.75) is 0 Å². The minimum absolute atomic E-state index is 0.303. The summed E-state index contributed by atoms with van der Waals surface area (Å²) in [7, 11) is 1.44. The summed E-state index contributed by atoms with van der Waals surface area (Å²) in [6, 6.07) is 5.08. The van der Waals surface area contributed by atoms with Crippen molar-refractivity contribution in [2.75, 3.05) is 13.7 Å². The zero-order valence-electron chi connectivity index (χ0n) is 10.8. The maximum atomic E-state index is 11.8. The molecule has 0 radical (unpaired) electrons. The monoisotopic (exact) mass is 419 g/mol. The second-order valence-corrected chi connectivity index (χ2v) is 6.27. The van der Waals surface area contributed by atoms with Crippen LogP contribution in [0.1, 0.15) is 5.56 Å². The van der Waals surface area contributed by atoms with Crippen molar-refractivity contribution in [1.82, 2.24) is 4.90 Å². The highest BCUT2D eigenvalue weighted by atomic mass is 127. The number of benzene rings is 1. The zero-order valence-corrected chi connectivity index (χ0v) is 13.8. The highest BCUT2D eigenvalue weighted by Gasteiger charge is 2.31.